The molecule has 5 nitrogen and oxygen atoms in total. The first-order valence-electron chi connectivity index (χ1n) is 6.21. The third-order valence-electron chi connectivity index (χ3n) is 3.33. The van der Waals surface area contributed by atoms with Crippen molar-refractivity contribution in [3.8, 4) is 0 Å². The van der Waals surface area contributed by atoms with E-state index in [1.165, 1.54) is 11.0 Å². The second-order valence-corrected chi connectivity index (χ2v) is 5.68. The van der Waals surface area contributed by atoms with Crippen molar-refractivity contribution in [2.75, 3.05) is 4.90 Å². The molecular weight excluding hydrogens is 338 g/mol. The second kappa shape index (κ2) is 4.96. The number of furan rings is 1. The molecule has 2 heterocycles. The van der Waals surface area contributed by atoms with Crippen LogP contribution in [-0.4, -0.2) is 18.0 Å². The van der Waals surface area contributed by atoms with Gasteiger partial charge in [-0.2, -0.15) is 0 Å². The minimum absolute atomic E-state index is 0.119. The molecule has 106 valence electrons. The summed E-state index contributed by atoms with van der Waals surface area (Å²) in [6.07, 6.45) is 0.594. The number of carbonyl (C=O) groups is 3. The summed E-state index contributed by atoms with van der Waals surface area (Å²) in [6, 6.07) is 6.63. The van der Waals surface area contributed by atoms with Crippen LogP contribution in [0, 0.1) is 6.92 Å². The minimum Gasteiger partial charge on any atom is -0.456 e. The first-order valence-corrected chi connectivity index (χ1v) is 7.01. The zero-order valence-corrected chi connectivity index (χ0v) is 12.6. The number of halogens is 1. The summed E-state index contributed by atoms with van der Waals surface area (Å²) in [5.41, 5.74) is 1.80. The van der Waals surface area contributed by atoms with E-state index in [0.29, 0.717) is 23.3 Å². The quantitative estimate of drug-likeness (QED) is 0.632. The molecule has 3 rings (SSSR count). The Morgan fingerprint density at radius 3 is 2.71 bits per heavy atom. The van der Waals surface area contributed by atoms with E-state index in [-0.39, 0.29) is 12.3 Å². The predicted molar refractivity (Wildman–Crippen MR) is 78.5 cm³/mol. The van der Waals surface area contributed by atoms with E-state index >= 15 is 0 Å². The van der Waals surface area contributed by atoms with Crippen LogP contribution in [0.25, 0.3) is 0 Å². The van der Waals surface area contributed by atoms with Crippen molar-refractivity contribution in [2.24, 2.45) is 0 Å². The van der Waals surface area contributed by atoms with E-state index in [1.807, 2.05) is 13.0 Å². The standard InChI is InChI=1S/C15H10BrNO4/c1-8-4-9(16)5-12-13(8)17(15(20)14(12)19)6-10-2-3-11(7-18)21-10/h2-5,7H,6H2,1H3. The second-order valence-electron chi connectivity index (χ2n) is 4.76. The van der Waals surface area contributed by atoms with Crippen molar-refractivity contribution in [1.82, 2.24) is 0 Å². The fourth-order valence-corrected chi connectivity index (χ4v) is 3.03. The van der Waals surface area contributed by atoms with Gasteiger partial charge in [0.1, 0.15) is 5.76 Å². The predicted octanol–water partition coefficient (Wildman–Crippen LogP) is 2.89. The first kappa shape index (κ1) is 13.8. The maximum absolute atomic E-state index is 12.2. The van der Waals surface area contributed by atoms with Gasteiger partial charge in [0.2, 0.25) is 0 Å². The molecule has 6 heteroatoms. The van der Waals surface area contributed by atoms with Crippen LogP contribution in [0.3, 0.4) is 0 Å². The van der Waals surface area contributed by atoms with Gasteiger partial charge in [0.15, 0.2) is 12.0 Å². The number of carbonyl (C=O) groups excluding carboxylic acids is 3. The molecule has 2 aromatic rings. The van der Waals surface area contributed by atoms with Crippen LogP contribution in [0.2, 0.25) is 0 Å². The highest BCUT2D eigenvalue weighted by Crippen LogP contribution is 2.36. The lowest BCUT2D eigenvalue weighted by atomic mass is 10.1. The number of nitrogens with zero attached hydrogens (tertiary/aromatic N) is 1. The molecule has 0 bridgehead atoms. The maximum Gasteiger partial charge on any atom is 0.299 e. The van der Waals surface area contributed by atoms with Crippen molar-refractivity contribution < 1.29 is 18.8 Å². The van der Waals surface area contributed by atoms with Crippen LogP contribution in [0.1, 0.15) is 32.2 Å². The monoisotopic (exact) mass is 347 g/mol. The van der Waals surface area contributed by atoms with E-state index in [0.717, 1.165) is 10.0 Å². The molecule has 0 fully saturated rings. The zero-order chi connectivity index (χ0) is 15.1. The molecule has 0 saturated carbocycles. The van der Waals surface area contributed by atoms with Gasteiger partial charge in [-0.1, -0.05) is 15.9 Å². The molecule has 0 spiro atoms. The van der Waals surface area contributed by atoms with Gasteiger partial charge in [0.05, 0.1) is 17.8 Å². The lowest BCUT2D eigenvalue weighted by Crippen LogP contribution is -2.29. The lowest BCUT2D eigenvalue weighted by molar-refractivity contribution is -0.114. The topological polar surface area (TPSA) is 67.6 Å². The average molecular weight is 348 g/mol. The Balaban J connectivity index is 2.03. The van der Waals surface area contributed by atoms with Crippen molar-refractivity contribution in [2.45, 2.75) is 13.5 Å². The number of aldehydes is 1. The van der Waals surface area contributed by atoms with Gasteiger partial charge in [-0.05, 0) is 36.8 Å². The SMILES string of the molecule is Cc1cc(Br)cc2c1N(Cc1ccc(C=O)o1)C(=O)C2=O. The highest BCUT2D eigenvalue weighted by molar-refractivity contribution is 9.10. The fourth-order valence-electron chi connectivity index (χ4n) is 2.46. The smallest absolute Gasteiger partial charge is 0.299 e. The van der Waals surface area contributed by atoms with E-state index in [1.54, 1.807) is 12.1 Å². The Bertz CT molecular complexity index is 778. The van der Waals surface area contributed by atoms with E-state index < -0.39 is 11.7 Å². The van der Waals surface area contributed by atoms with Crippen LogP contribution in [-0.2, 0) is 11.3 Å². The summed E-state index contributed by atoms with van der Waals surface area (Å²) >= 11 is 3.32. The summed E-state index contributed by atoms with van der Waals surface area (Å²) in [4.78, 5) is 36.2. The maximum atomic E-state index is 12.2. The van der Waals surface area contributed by atoms with Gasteiger partial charge >= 0.3 is 0 Å². The van der Waals surface area contributed by atoms with Crippen LogP contribution in [0.15, 0.2) is 33.2 Å². The molecule has 21 heavy (non-hydrogen) atoms. The molecule has 0 atom stereocenters. The third-order valence-corrected chi connectivity index (χ3v) is 3.79. The largest absolute Gasteiger partial charge is 0.456 e. The normalized spacial score (nSPS) is 13.7. The number of anilines is 1. The minimum atomic E-state index is -0.588. The van der Waals surface area contributed by atoms with Gasteiger partial charge < -0.3 is 4.42 Å². The summed E-state index contributed by atoms with van der Waals surface area (Å²) < 4.78 is 6.03. The molecule has 0 aliphatic carbocycles. The molecule has 1 aliphatic heterocycles. The lowest BCUT2D eigenvalue weighted by Gasteiger charge is -2.17. The van der Waals surface area contributed by atoms with Gasteiger partial charge in [0, 0.05) is 4.47 Å². The molecular formula is C15H10BrNO4. The Morgan fingerprint density at radius 2 is 2.05 bits per heavy atom. The molecule has 1 aromatic heterocycles. The molecule has 0 N–H and O–H groups in total. The number of hydrogen-bond acceptors (Lipinski definition) is 4. The van der Waals surface area contributed by atoms with Crippen molar-refractivity contribution in [3.63, 3.8) is 0 Å². The third kappa shape index (κ3) is 2.21. The highest BCUT2D eigenvalue weighted by atomic mass is 79.9. The number of amides is 1. The summed E-state index contributed by atoms with van der Waals surface area (Å²) in [5, 5.41) is 0. The Labute approximate surface area is 128 Å². The van der Waals surface area contributed by atoms with Crippen LogP contribution >= 0.6 is 15.9 Å². The number of benzene rings is 1. The van der Waals surface area contributed by atoms with Crippen LogP contribution in [0.5, 0.6) is 0 Å². The summed E-state index contributed by atoms with van der Waals surface area (Å²) in [5.74, 6) is -0.476. The van der Waals surface area contributed by atoms with Gasteiger partial charge in [-0.25, -0.2) is 0 Å². The number of fused-ring (bicyclic) bond motifs is 1. The van der Waals surface area contributed by atoms with Crippen molar-refractivity contribution in [1.29, 1.82) is 0 Å². The molecule has 0 unspecified atom stereocenters. The average Bonchev–Trinajstić information content (AvgIpc) is 2.98. The molecule has 0 saturated heterocycles. The highest BCUT2D eigenvalue weighted by Gasteiger charge is 2.37. The number of aryl methyl sites for hydroxylation is 1. The number of ketones is 1. The van der Waals surface area contributed by atoms with E-state index in [9.17, 15) is 14.4 Å². The van der Waals surface area contributed by atoms with Crippen molar-refractivity contribution >= 4 is 39.6 Å². The fraction of sp³-hybridized carbons (Fsp3) is 0.133. The summed E-state index contributed by atoms with van der Waals surface area (Å²) in [7, 11) is 0. The van der Waals surface area contributed by atoms with E-state index in [4.69, 9.17) is 4.42 Å². The van der Waals surface area contributed by atoms with Crippen LogP contribution in [0.4, 0.5) is 5.69 Å². The molecule has 0 radical (unpaired) electrons. The first-order chi connectivity index (χ1) is 10.0. The number of Topliss-reactive ketones (excluding diaryl/α,β-unsaturated/α-hetero) is 1. The Morgan fingerprint density at radius 1 is 1.29 bits per heavy atom. The summed E-state index contributed by atoms with van der Waals surface area (Å²) in [6.45, 7) is 1.95. The molecule has 1 aromatic carbocycles. The van der Waals surface area contributed by atoms with Crippen LogP contribution < -0.4 is 4.90 Å². The molecule has 1 amide bonds. The van der Waals surface area contributed by atoms with E-state index in [2.05, 4.69) is 15.9 Å². The van der Waals surface area contributed by atoms with Gasteiger partial charge in [-0.15, -0.1) is 0 Å². The van der Waals surface area contributed by atoms with Gasteiger partial charge in [-0.3, -0.25) is 19.3 Å². The van der Waals surface area contributed by atoms with Gasteiger partial charge in [0.25, 0.3) is 11.7 Å². The van der Waals surface area contributed by atoms with Crippen molar-refractivity contribution in [3.05, 3.63) is 51.4 Å². The Hall–Kier alpha value is -2.21. The molecule has 1 aliphatic rings. The Kier molecular flexibility index (Phi) is 3.25. The number of rotatable bonds is 3. The number of hydrogen-bond donors (Lipinski definition) is 0. The zero-order valence-electron chi connectivity index (χ0n) is 11.1.